The highest BCUT2D eigenvalue weighted by atomic mass is 35.5. The third kappa shape index (κ3) is 8.05. The summed E-state index contributed by atoms with van der Waals surface area (Å²) in [6.45, 7) is 1.92. The van der Waals surface area contributed by atoms with Gasteiger partial charge in [0.05, 0.1) is 5.69 Å². The molecule has 1 unspecified atom stereocenters. The normalized spacial score (nSPS) is 12.1. The van der Waals surface area contributed by atoms with Gasteiger partial charge in [-0.25, -0.2) is 4.31 Å². The first-order chi connectivity index (χ1) is 18.6. The number of hydrogen-bond donors (Lipinski definition) is 1. The molecule has 0 bridgehead atoms. The number of rotatable bonds is 13. The number of carbonyl (C=O) groups excluding carboxylic acids is 2. The van der Waals surface area contributed by atoms with Crippen LogP contribution in [0, 0.1) is 0 Å². The summed E-state index contributed by atoms with van der Waals surface area (Å²) in [7, 11) is -1.21. The van der Waals surface area contributed by atoms with Gasteiger partial charge in [0, 0.05) is 38.6 Å². The Kier molecular flexibility index (Phi) is 10.9. The maximum Gasteiger partial charge on any atom is 0.304 e. The molecule has 0 saturated carbocycles. The van der Waals surface area contributed by atoms with Crippen molar-refractivity contribution in [1.29, 1.82) is 0 Å². The predicted molar refractivity (Wildman–Crippen MR) is 156 cm³/mol. The molecule has 0 heterocycles. The van der Waals surface area contributed by atoms with Gasteiger partial charge >= 0.3 is 10.2 Å². The van der Waals surface area contributed by atoms with Crippen molar-refractivity contribution in [1.82, 2.24) is 14.5 Å². The number of hydrogen-bond acceptors (Lipinski definition) is 4. The van der Waals surface area contributed by atoms with E-state index in [-0.39, 0.29) is 18.9 Å². The van der Waals surface area contributed by atoms with Crippen molar-refractivity contribution in [2.24, 2.45) is 0 Å². The summed E-state index contributed by atoms with van der Waals surface area (Å²) < 4.78 is 28.7. The molecule has 0 aromatic heterocycles. The van der Waals surface area contributed by atoms with Gasteiger partial charge in [-0.1, -0.05) is 85.3 Å². The molecule has 0 radical (unpaired) electrons. The van der Waals surface area contributed by atoms with Gasteiger partial charge in [-0.15, -0.1) is 0 Å². The number of carbonyl (C=O) groups is 2. The van der Waals surface area contributed by atoms with Crippen LogP contribution in [-0.4, -0.2) is 62.7 Å². The third-order valence-electron chi connectivity index (χ3n) is 6.18. The molecule has 208 valence electrons. The molecule has 3 rings (SSSR count). The topological polar surface area (TPSA) is 90.0 Å². The van der Waals surface area contributed by atoms with Gasteiger partial charge in [-0.2, -0.15) is 12.7 Å². The molecule has 0 aliphatic rings. The zero-order valence-electron chi connectivity index (χ0n) is 22.5. The molecule has 0 aliphatic heterocycles. The molecule has 3 aromatic rings. The van der Waals surface area contributed by atoms with Crippen LogP contribution < -0.4 is 9.62 Å². The van der Waals surface area contributed by atoms with Crippen molar-refractivity contribution in [3.8, 4) is 0 Å². The molecule has 1 N–H and O–H groups in total. The summed E-state index contributed by atoms with van der Waals surface area (Å²) in [5.74, 6) is -0.848. The Morgan fingerprint density at radius 3 is 2.08 bits per heavy atom. The van der Waals surface area contributed by atoms with Crippen LogP contribution in [0.2, 0.25) is 5.02 Å². The van der Waals surface area contributed by atoms with E-state index in [0.717, 1.165) is 20.6 Å². The molecule has 3 aromatic carbocycles. The van der Waals surface area contributed by atoms with Crippen LogP contribution in [0.5, 0.6) is 0 Å². The van der Waals surface area contributed by atoms with E-state index in [1.165, 1.54) is 19.0 Å². The number of benzene rings is 3. The number of halogens is 1. The number of anilines is 1. The van der Waals surface area contributed by atoms with Crippen molar-refractivity contribution < 1.29 is 18.0 Å². The minimum atomic E-state index is -4.03. The lowest BCUT2D eigenvalue weighted by atomic mass is 10.0. The van der Waals surface area contributed by atoms with Gasteiger partial charge in [-0.3, -0.25) is 9.59 Å². The zero-order chi connectivity index (χ0) is 28.4. The Balaban J connectivity index is 2.07. The Labute approximate surface area is 236 Å². The van der Waals surface area contributed by atoms with Crippen LogP contribution in [0.15, 0.2) is 84.9 Å². The highest BCUT2D eigenvalue weighted by molar-refractivity contribution is 7.90. The number of amides is 2. The summed E-state index contributed by atoms with van der Waals surface area (Å²) in [4.78, 5) is 29.0. The average Bonchev–Trinajstić information content (AvgIpc) is 2.93. The van der Waals surface area contributed by atoms with Crippen molar-refractivity contribution in [3.63, 3.8) is 0 Å². The highest BCUT2D eigenvalue weighted by Gasteiger charge is 2.34. The minimum Gasteiger partial charge on any atom is -0.354 e. The molecule has 1 atom stereocenters. The van der Waals surface area contributed by atoms with E-state index in [4.69, 9.17) is 11.6 Å². The van der Waals surface area contributed by atoms with Crippen LogP contribution in [-0.2, 0) is 32.8 Å². The van der Waals surface area contributed by atoms with Crippen molar-refractivity contribution in [2.75, 3.05) is 31.5 Å². The summed E-state index contributed by atoms with van der Waals surface area (Å²) in [6.07, 6.45) is 0.976. The molecule has 10 heteroatoms. The zero-order valence-corrected chi connectivity index (χ0v) is 24.0. The lowest BCUT2D eigenvalue weighted by Gasteiger charge is -2.34. The first-order valence-electron chi connectivity index (χ1n) is 12.7. The fraction of sp³-hybridized carbons (Fsp3) is 0.310. The summed E-state index contributed by atoms with van der Waals surface area (Å²) >= 11 is 6.47. The van der Waals surface area contributed by atoms with Gasteiger partial charge in [0.15, 0.2) is 0 Å². The van der Waals surface area contributed by atoms with Crippen molar-refractivity contribution >= 4 is 39.3 Å². The standard InChI is InChI=1S/C29H35ClN4O4S/c1-4-19-31-29(36)27(20-23-13-7-5-8-14-23)33(21-24-15-11-12-18-26(24)30)28(35)22-34(39(37,38)32(2)3)25-16-9-6-10-17-25/h5-18,27H,4,19-22H2,1-3H3,(H,31,36). The monoisotopic (exact) mass is 570 g/mol. The lowest BCUT2D eigenvalue weighted by molar-refractivity contribution is -0.140. The van der Waals surface area contributed by atoms with Crippen molar-refractivity contribution in [2.45, 2.75) is 32.4 Å². The molecule has 0 aliphatic carbocycles. The molecule has 2 amide bonds. The van der Waals surface area contributed by atoms with E-state index in [1.807, 2.05) is 37.3 Å². The number of para-hydroxylation sites is 1. The van der Waals surface area contributed by atoms with E-state index in [0.29, 0.717) is 22.8 Å². The fourth-order valence-electron chi connectivity index (χ4n) is 4.04. The van der Waals surface area contributed by atoms with E-state index < -0.39 is 28.7 Å². The van der Waals surface area contributed by atoms with Crippen LogP contribution in [0.4, 0.5) is 5.69 Å². The third-order valence-corrected chi connectivity index (χ3v) is 8.37. The lowest BCUT2D eigenvalue weighted by Crippen LogP contribution is -2.54. The van der Waals surface area contributed by atoms with Gasteiger partial charge in [0.2, 0.25) is 11.8 Å². The second-order valence-corrected chi connectivity index (χ2v) is 11.7. The SMILES string of the molecule is CCCNC(=O)C(Cc1ccccc1)N(Cc1ccccc1Cl)C(=O)CN(c1ccccc1)S(=O)(=O)N(C)C. The van der Waals surface area contributed by atoms with Gasteiger partial charge in [0.25, 0.3) is 0 Å². The Morgan fingerprint density at radius 1 is 0.897 bits per heavy atom. The summed E-state index contributed by atoms with van der Waals surface area (Å²) in [5.41, 5.74) is 1.86. The van der Waals surface area contributed by atoms with Crippen LogP contribution in [0.3, 0.4) is 0 Å². The molecule has 0 spiro atoms. The first-order valence-corrected chi connectivity index (χ1v) is 14.5. The molecular weight excluding hydrogens is 536 g/mol. The maximum absolute atomic E-state index is 14.1. The second kappa shape index (κ2) is 14.1. The molecular formula is C29H35ClN4O4S. The first kappa shape index (κ1) is 30.1. The smallest absolute Gasteiger partial charge is 0.304 e. The quantitative estimate of drug-likeness (QED) is 0.335. The Bertz CT molecular complexity index is 1340. The molecule has 8 nitrogen and oxygen atoms in total. The van der Waals surface area contributed by atoms with Crippen LogP contribution >= 0.6 is 11.6 Å². The summed E-state index contributed by atoms with van der Waals surface area (Å²) in [6, 6.07) is 24.0. The number of nitrogens with zero attached hydrogens (tertiary/aromatic N) is 3. The average molecular weight is 571 g/mol. The van der Waals surface area contributed by atoms with E-state index in [9.17, 15) is 18.0 Å². The maximum atomic E-state index is 14.1. The molecule has 0 saturated heterocycles. The van der Waals surface area contributed by atoms with Gasteiger partial charge < -0.3 is 10.2 Å². The largest absolute Gasteiger partial charge is 0.354 e. The van der Waals surface area contributed by atoms with E-state index in [2.05, 4.69) is 5.32 Å². The molecule has 0 fully saturated rings. The van der Waals surface area contributed by atoms with Crippen molar-refractivity contribution in [3.05, 3.63) is 101 Å². The van der Waals surface area contributed by atoms with Crippen LogP contribution in [0.1, 0.15) is 24.5 Å². The van der Waals surface area contributed by atoms with E-state index in [1.54, 1.807) is 54.6 Å². The van der Waals surface area contributed by atoms with Gasteiger partial charge in [0.1, 0.15) is 12.6 Å². The minimum absolute atomic E-state index is 0.0280. The van der Waals surface area contributed by atoms with Crippen LogP contribution in [0.25, 0.3) is 0 Å². The Morgan fingerprint density at radius 2 is 1.49 bits per heavy atom. The Hall–Kier alpha value is -3.40. The molecule has 39 heavy (non-hydrogen) atoms. The summed E-state index contributed by atoms with van der Waals surface area (Å²) in [5, 5.41) is 3.36. The highest BCUT2D eigenvalue weighted by Crippen LogP contribution is 2.23. The number of nitrogens with one attached hydrogen (secondary N) is 1. The second-order valence-electron chi connectivity index (χ2n) is 9.24. The van der Waals surface area contributed by atoms with Gasteiger partial charge in [-0.05, 0) is 35.7 Å². The fourth-order valence-corrected chi connectivity index (χ4v) is 5.29. The van der Waals surface area contributed by atoms with E-state index >= 15 is 0 Å². The predicted octanol–water partition coefficient (Wildman–Crippen LogP) is 4.12.